The Morgan fingerprint density at radius 1 is 1.42 bits per heavy atom. The van der Waals surface area contributed by atoms with Gasteiger partial charge in [-0.05, 0) is 19.8 Å². The zero-order valence-corrected chi connectivity index (χ0v) is 13.2. The van der Waals surface area contributed by atoms with E-state index in [1.165, 1.54) is 10.5 Å². The van der Waals surface area contributed by atoms with Crippen LogP contribution in [0.4, 0.5) is 0 Å². The van der Waals surface area contributed by atoms with E-state index >= 15 is 0 Å². The van der Waals surface area contributed by atoms with Gasteiger partial charge in [0.15, 0.2) is 5.03 Å². The van der Waals surface area contributed by atoms with E-state index in [1.54, 1.807) is 25.6 Å². The normalized spacial score (nSPS) is 13.2. The average molecular weight is 288 g/mol. The molecular weight excluding hydrogens is 264 g/mol. The third-order valence-corrected chi connectivity index (χ3v) is 5.91. The third kappa shape index (κ3) is 2.68. The summed E-state index contributed by atoms with van der Waals surface area (Å²) in [6.45, 7) is 5.97. The number of rotatable bonds is 6. The molecule has 0 aromatic carbocycles. The molecule has 7 heteroatoms. The number of imidazole rings is 1. The molecule has 1 rings (SSSR count). The first-order chi connectivity index (χ1) is 8.75. The Bertz CT molecular complexity index is 504. The molecule has 0 atom stereocenters. The molecular formula is C12H24N4O2S. The van der Waals surface area contributed by atoms with Crippen molar-refractivity contribution in [3.8, 4) is 0 Å². The number of hydrogen-bond acceptors (Lipinski definition) is 4. The summed E-state index contributed by atoms with van der Waals surface area (Å²) in [5.41, 5.74) is 5.26. The Balaban J connectivity index is 3.26. The second-order valence-electron chi connectivity index (χ2n) is 4.85. The first kappa shape index (κ1) is 16.1. The fourth-order valence-electron chi connectivity index (χ4n) is 2.16. The van der Waals surface area contributed by atoms with Crippen LogP contribution >= 0.6 is 0 Å². The van der Waals surface area contributed by atoms with Crippen LogP contribution in [0.2, 0.25) is 0 Å². The second-order valence-corrected chi connectivity index (χ2v) is 6.76. The van der Waals surface area contributed by atoms with Crippen LogP contribution < -0.4 is 5.73 Å². The monoisotopic (exact) mass is 288 g/mol. The molecule has 0 aliphatic heterocycles. The predicted molar refractivity (Wildman–Crippen MR) is 75.3 cm³/mol. The van der Waals surface area contributed by atoms with Crippen molar-refractivity contribution >= 4 is 10.0 Å². The summed E-state index contributed by atoms with van der Waals surface area (Å²) in [7, 11) is -0.256. The van der Waals surface area contributed by atoms with E-state index in [1.807, 2.05) is 13.8 Å². The Morgan fingerprint density at radius 3 is 2.26 bits per heavy atom. The summed E-state index contributed by atoms with van der Waals surface area (Å²) < 4.78 is 28.3. The molecule has 0 bridgehead atoms. The fraction of sp³-hybridized carbons (Fsp3) is 0.750. The van der Waals surface area contributed by atoms with Crippen LogP contribution in [0, 0.1) is 6.92 Å². The lowest BCUT2D eigenvalue weighted by molar-refractivity contribution is 0.207. The molecule has 2 N–H and O–H groups in total. The summed E-state index contributed by atoms with van der Waals surface area (Å²) in [5.74, 6) is 0.665. The number of likely N-dealkylation sites (N-methyl/N-ethyl adjacent to an activating group) is 1. The summed E-state index contributed by atoms with van der Waals surface area (Å²) in [4.78, 5) is 4.11. The zero-order chi connectivity index (χ0) is 14.8. The van der Waals surface area contributed by atoms with Gasteiger partial charge in [-0.2, -0.15) is 4.31 Å². The molecule has 1 heterocycles. The molecule has 0 unspecified atom stereocenters. The van der Waals surface area contributed by atoms with E-state index in [-0.39, 0.29) is 5.03 Å². The molecule has 19 heavy (non-hydrogen) atoms. The third-order valence-electron chi connectivity index (χ3n) is 4.08. The molecule has 1 aromatic heterocycles. The first-order valence-electron chi connectivity index (χ1n) is 6.44. The Kier molecular flexibility index (Phi) is 4.76. The summed E-state index contributed by atoms with van der Waals surface area (Å²) in [6, 6.07) is 0. The highest BCUT2D eigenvalue weighted by molar-refractivity contribution is 7.89. The largest absolute Gasteiger partial charge is 0.337 e. The van der Waals surface area contributed by atoms with Gasteiger partial charge in [0, 0.05) is 32.4 Å². The number of nitrogens with zero attached hydrogens (tertiary/aromatic N) is 3. The van der Waals surface area contributed by atoms with Gasteiger partial charge in [0.2, 0.25) is 0 Å². The number of hydrogen-bond donors (Lipinski definition) is 1. The van der Waals surface area contributed by atoms with Crippen molar-refractivity contribution in [3.63, 3.8) is 0 Å². The van der Waals surface area contributed by atoms with Gasteiger partial charge in [-0.3, -0.25) is 0 Å². The van der Waals surface area contributed by atoms with E-state index in [2.05, 4.69) is 4.98 Å². The van der Waals surface area contributed by atoms with Crippen LogP contribution in [-0.4, -0.2) is 41.4 Å². The van der Waals surface area contributed by atoms with Crippen molar-refractivity contribution in [3.05, 3.63) is 12.0 Å². The van der Waals surface area contributed by atoms with Gasteiger partial charge < -0.3 is 10.3 Å². The van der Waals surface area contributed by atoms with Gasteiger partial charge in [0.1, 0.15) is 5.82 Å². The number of sulfonamides is 1. The molecule has 0 saturated heterocycles. The first-order valence-corrected chi connectivity index (χ1v) is 7.88. The minimum atomic E-state index is -3.61. The molecule has 6 nitrogen and oxygen atoms in total. The lowest BCUT2D eigenvalue weighted by atomic mass is 9.93. The molecule has 0 spiro atoms. The number of aryl methyl sites for hydroxylation is 2. The molecule has 0 aliphatic rings. The molecule has 0 saturated carbocycles. The topological polar surface area (TPSA) is 81.2 Å². The van der Waals surface area contributed by atoms with Gasteiger partial charge in [-0.1, -0.05) is 13.8 Å². The van der Waals surface area contributed by atoms with E-state index < -0.39 is 15.6 Å². The maximum Gasteiger partial charge on any atom is 0.262 e. The average Bonchev–Trinajstić information content (AvgIpc) is 2.73. The summed E-state index contributed by atoms with van der Waals surface area (Å²) >= 11 is 0. The van der Waals surface area contributed by atoms with Gasteiger partial charge in [-0.25, -0.2) is 13.4 Å². The Labute approximate surface area is 115 Å². The molecule has 0 aliphatic carbocycles. The van der Waals surface area contributed by atoms with Gasteiger partial charge in [0.25, 0.3) is 10.0 Å². The molecule has 0 radical (unpaired) electrons. The van der Waals surface area contributed by atoms with Crippen LogP contribution in [0.15, 0.2) is 11.2 Å². The minimum absolute atomic E-state index is 0.0784. The van der Waals surface area contributed by atoms with E-state index in [0.29, 0.717) is 25.2 Å². The summed E-state index contributed by atoms with van der Waals surface area (Å²) in [6.07, 6.45) is 2.87. The van der Waals surface area contributed by atoms with Crippen LogP contribution in [0.1, 0.15) is 32.5 Å². The van der Waals surface area contributed by atoms with Crippen molar-refractivity contribution in [1.82, 2.24) is 13.9 Å². The molecule has 1 aromatic rings. The van der Waals surface area contributed by atoms with E-state index in [9.17, 15) is 8.42 Å². The highest BCUT2D eigenvalue weighted by Gasteiger charge is 2.39. The van der Waals surface area contributed by atoms with Gasteiger partial charge in [-0.15, -0.1) is 0 Å². The van der Waals surface area contributed by atoms with E-state index in [4.69, 9.17) is 5.73 Å². The SMILES string of the molecule is CCC(CC)(CN)N(C)S(=O)(=O)c1cn(C)c(C)n1. The van der Waals surface area contributed by atoms with E-state index in [0.717, 1.165) is 0 Å². The standard InChI is InChI=1S/C12H24N4O2S/c1-6-12(7-2,9-13)16(5)19(17,18)11-8-15(4)10(3)14-11/h8H,6-7,9,13H2,1-5H3. The maximum atomic E-state index is 12.6. The number of nitrogens with two attached hydrogens (primary N) is 1. The highest BCUT2D eigenvalue weighted by atomic mass is 32.2. The smallest absolute Gasteiger partial charge is 0.262 e. The molecule has 0 fully saturated rings. The predicted octanol–water partition coefficient (Wildman–Crippen LogP) is 0.867. The molecule has 110 valence electrons. The Morgan fingerprint density at radius 2 is 1.95 bits per heavy atom. The lowest BCUT2D eigenvalue weighted by Gasteiger charge is -2.38. The van der Waals surface area contributed by atoms with Gasteiger partial charge >= 0.3 is 0 Å². The van der Waals surface area contributed by atoms with Crippen LogP contribution in [0.25, 0.3) is 0 Å². The minimum Gasteiger partial charge on any atom is -0.337 e. The lowest BCUT2D eigenvalue weighted by Crippen LogP contribution is -2.53. The highest BCUT2D eigenvalue weighted by Crippen LogP contribution is 2.27. The van der Waals surface area contributed by atoms with Crippen LogP contribution in [0.3, 0.4) is 0 Å². The fourth-order valence-corrected chi connectivity index (χ4v) is 3.82. The van der Waals surface area contributed by atoms with Crippen LogP contribution in [-0.2, 0) is 17.1 Å². The second kappa shape index (κ2) is 5.60. The van der Waals surface area contributed by atoms with Crippen molar-refractivity contribution in [2.75, 3.05) is 13.6 Å². The Hall–Kier alpha value is -0.920. The van der Waals surface area contributed by atoms with Crippen molar-refractivity contribution < 1.29 is 8.42 Å². The maximum absolute atomic E-state index is 12.6. The van der Waals surface area contributed by atoms with Crippen molar-refractivity contribution in [2.45, 2.75) is 44.2 Å². The molecule has 0 amide bonds. The quantitative estimate of drug-likeness (QED) is 0.842. The van der Waals surface area contributed by atoms with Gasteiger partial charge in [0.05, 0.1) is 0 Å². The summed E-state index contributed by atoms with van der Waals surface area (Å²) in [5, 5.41) is 0.0784. The van der Waals surface area contributed by atoms with Crippen LogP contribution in [0.5, 0.6) is 0 Å². The van der Waals surface area contributed by atoms with Crippen molar-refractivity contribution in [1.29, 1.82) is 0 Å². The number of aromatic nitrogens is 2. The van der Waals surface area contributed by atoms with Crippen molar-refractivity contribution in [2.24, 2.45) is 12.8 Å². The zero-order valence-electron chi connectivity index (χ0n) is 12.3.